The van der Waals surface area contributed by atoms with Crippen LogP contribution in [-0.4, -0.2) is 30.9 Å². The van der Waals surface area contributed by atoms with Crippen LogP contribution >= 0.6 is 0 Å². The summed E-state index contributed by atoms with van der Waals surface area (Å²) in [5.74, 6) is -1.20. The lowest BCUT2D eigenvalue weighted by Gasteiger charge is -2.22. The van der Waals surface area contributed by atoms with Crippen molar-refractivity contribution in [1.29, 1.82) is 0 Å². The first-order valence-electron chi connectivity index (χ1n) is 8.56. The summed E-state index contributed by atoms with van der Waals surface area (Å²) in [5.41, 5.74) is 1.41. The van der Waals surface area contributed by atoms with Gasteiger partial charge in [-0.25, -0.2) is 4.79 Å². The fourth-order valence-corrected chi connectivity index (χ4v) is 2.95. The quantitative estimate of drug-likeness (QED) is 0.473. The summed E-state index contributed by atoms with van der Waals surface area (Å²) in [5, 5.41) is 21.0. The highest BCUT2D eigenvalue weighted by molar-refractivity contribution is 5.90. The van der Waals surface area contributed by atoms with Crippen molar-refractivity contribution in [2.75, 3.05) is 0 Å². The van der Waals surface area contributed by atoms with E-state index >= 15 is 0 Å². The maximum absolute atomic E-state index is 11.6. The van der Waals surface area contributed by atoms with E-state index in [-0.39, 0.29) is 23.4 Å². The Labute approximate surface area is 161 Å². The first kappa shape index (κ1) is 19.1. The lowest BCUT2D eigenvalue weighted by molar-refractivity contribution is -0.385. The minimum absolute atomic E-state index is 0.0753. The Morgan fingerprint density at radius 1 is 0.929 bits per heavy atom. The number of carboxylic acid groups (broad SMARTS) is 1. The van der Waals surface area contributed by atoms with E-state index in [1.165, 1.54) is 18.2 Å². The summed E-state index contributed by atoms with van der Waals surface area (Å²) >= 11 is 0. The van der Waals surface area contributed by atoms with Gasteiger partial charge in [0.2, 0.25) is 0 Å². The Morgan fingerprint density at radius 3 is 2.00 bits per heavy atom. The van der Waals surface area contributed by atoms with Crippen molar-refractivity contribution in [3.63, 3.8) is 0 Å². The van der Waals surface area contributed by atoms with E-state index in [1.807, 2.05) is 29.2 Å². The number of aromatic carboxylic acids is 1. The molecule has 0 unspecified atom stereocenters. The number of nitrogens with zero attached hydrogens (tertiary/aromatic N) is 4. The van der Waals surface area contributed by atoms with E-state index in [0.717, 1.165) is 11.4 Å². The van der Waals surface area contributed by atoms with Crippen molar-refractivity contribution >= 4 is 11.7 Å². The standard InChI is InChI=1S/C20H18N4O4/c25-20(26)17-8-5-9-19(24(27)28)18(17)14-23(12-15-6-1-3-10-21-15)13-16-7-2-4-11-22-16/h1-11H,12-14H2,(H,25,26). The topological polar surface area (TPSA) is 109 Å². The van der Waals surface area contributed by atoms with Crippen molar-refractivity contribution in [1.82, 2.24) is 14.9 Å². The summed E-state index contributed by atoms with van der Waals surface area (Å²) < 4.78 is 0. The van der Waals surface area contributed by atoms with Gasteiger partial charge in [0.1, 0.15) is 0 Å². The average Bonchev–Trinajstić information content (AvgIpc) is 2.69. The van der Waals surface area contributed by atoms with E-state index in [9.17, 15) is 20.0 Å². The Balaban J connectivity index is 1.97. The van der Waals surface area contributed by atoms with E-state index in [1.54, 1.807) is 24.5 Å². The molecule has 1 aromatic carbocycles. The van der Waals surface area contributed by atoms with Crippen LogP contribution in [0.1, 0.15) is 27.3 Å². The van der Waals surface area contributed by atoms with Gasteiger partial charge in [0.25, 0.3) is 5.69 Å². The summed E-state index contributed by atoms with van der Waals surface area (Å²) in [6.07, 6.45) is 3.34. The number of pyridine rings is 2. The summed E-state index contributed by atoms with van der Waals surface area (Å²) in [6.45, 7) is 0.858. The highest BCUT2D eigenvalue weighted by Gasteiger charge is 2.23. The van der Waals surface area contributed by atoms with E-state index in [2.05, 4.69) is 9.97 Å². The van der Waals surface area contributed by atoms with Gasteiger partial charge in [0.15, 0.2) is 0 Å². The molecule has 28 heavy (non-hydrogen) atoms. The SMILES string of the molecule is O=C(O)c1cccc([N+](=O)[O-])c1CN(Cc1ccccn1)Cc1ccccn1. The zero-order valence-corrected chi connectivity index (χ0v) is 14.9. The van der Waals surface area contributed by atoms with Gasteiger partial charge in [-0.05, 0) is 30.3 Å². The molecule has 0 radical (unpaired) electrons. The molecular weight excluding hydrogens is 360 g/mol. The second-order valence-electron chi connectivity index (χ2n) is 6.15. The van der Waals surface area contributed by atoms with Gasteiger partial charge >= 0.3 is 5.97 Å². The predicted octanol–water partition coefficient (Wildman–Crippen LogP) is 3.29. The van der Waals surface area contributed by atoms with Gasteiger partial charge < -0.3 is 5.11 Å². The zero-order valence-electron chi connectivity index (χ0n) is 14.9. The molecule has 0 aliphatic heterocycles. The predicted molar refractivity (Wildman–Crippen MR) is 101 cm³/mol. The minimum atomic E-state index is -1.20. The molecule has 3 aromatic rings. The van der Waals surface area contributed by atoms with Gasteiger partial charge in [0.05, 0.1) is 27.4 Å². The van der Waals surface area contributed by atoms with Crippen LogP contribution in [0.4, 0.5) is 5.69 Å². The maximum atomic E-state index is 11.6. The number of nitro groups is 1. The summed E-state index contributed by atoms with van der Waals surface area (Å²) in [4.78, 5) is 33.0. The third-order valence-electron chi connectivity index (χ3n) is 4.18. The lowest BCUT2D eigenvalue weighted by atomic mass is 10.0. The maximum Gasteiger partial charge on any atom is 0.336 e. The molecule has 0 bridgehead atoms. The average molecular weight is 378 g/mol. The molecule has 1 N–H and O–H groups in total. The molecule has 8 nitrogen and oxygen atoms in total. The molecule has 0 aliphatic carbocycles. The summed E-state index contributed by atoms with van der Waals surface area (Å²) in [6, 6.07) is 15.1. The number of carbonyl (C=O) groups is 1. The second kappa shape index (κ2) is 8.83. The second-order valence-corrected chi connectivity index (χ2v) is 6.15. The Bertz CT molecular complexity index is 891. The number of rotatable bonds is 8. The molecule has 0 spiro atoms. The van der Waals surface area contributed by atoms with Gasteiger partial charge in [-0.15, -0.1) is 0 Å². The van der Waals surface area contributed by atoms with Crippen LogP contribution in [0.25, 0.3) is 0 Å². The third kappa shape index (κ3) is 4.74. The molecular formula is C20H18N4O4. The van der Waals surface area contributed by atoms with Crippen molar-refractivity contribution in [3.8, 4) is 0 Å². The molecule has 8 heteroatoms. The Kier molecular flexibility index (Phi) is 6.03. The molecule has 0 saturated carbocycles. The zero-order chi connectivity index (χ0) is 19.9. The molecule has 2 heterocycles. The normalized spacial score (nSPS) is 10.8. The van der Waals surface area contributed by atoms with Crippen LogP contribution in [0.5, 0.6) is 0 Å². The Hall–Kier alpha value is -3.65. The van der Waals surface area contributed by atoms with Crippen LogP contribution in [-0.2, 0) is 19.6 Å². The van der Waals surface area contributed by atoms with Gasteiger partial charge in [-0.1, -0.05) is 18.2 Å². The monoisotopic (exact) mass is 378 g/mol. The smallest absolute Gasteiger partial charge is 0.336 e. The van der Waals surface area contributed by atoms with Crippen LogP contribution in [0.15, 0.2) is 67.0 Å². The molecule has 2 aromatic heterocycles. The number of carboxylic acids is 1. The van der Waals surface area contributed by atoms with Crippen LogP contribution in [0, 0.1) is 10.1 Å². The Morgan fingerprint density at radius 2 is 1.54 bits per heavy atom. The van der Waals surface area contributed by atoms with Crippen LogP contribution in [0.2, 0.25) is 0 Å². The van der Waals surface area contributed by atoms with Crippen molar-refractivity contribution in [2.45, 2.75) is 19.6 Å². The first-order chi connectivity index (χ1) is 13.5. The fourth-order valence-electron chi connectivity index (χ4n) is 2.95. The lowest BCUT2D eigenvalue weighted by Crippen LogP contribution is -2.25. The molecule has 142 valence electrons. The molecule has 3 rings (SSSR count). The molecule has 0 fully saturated rings. The first-order valence-corrected chi connectivity index (χ1v) is 8.56. The van der Waals surface area contributed by atoms with Gasteiger partial charge in [-0.2, -0.15) is 0 Å². The van der Waals surface area contributed by atoms with Gasteiger partial charge in [-0.3, -0.25) is 25.0 Å². The van der Waals surface area contributed by atoms with Crippen LogP contribution in [0.3, 0.4) is 0 Å². The van der Waals surface area contributed by atoms with Crippen molar-refractivity contribution in [2.24, 2.45) is 0 Å². The molecule has 0 aliphatic rings. The summed E-state index contributed by atoms with van der Waals surface area (Å²) in [7, 11) is 0. The van der Waals surface area contributed by atoms with E-state index in [0.29, 0.717) is 13.1 Å². The fraction of sp³-hybridized carbons (Fsp3) is 0.150. The number of hydrogen-bond acceptors (Lipinski definition) is 6. The van der Waals surface area contributed by atoms with Crippen LogP contribution < -0.4 is 0 Å². The van der Waals surface area contributed by atoms with Gasteiger partial charge in [0, 0.05) is 38.1 Å². The number of nitro benzene ring substituents is 1. The van der Waals surface area contributed by atoms with E-state index < -0.39 is 10.9 Å². The largest absolute Gasteiger partial charge is 0.478 e. The molecule has 0 atom stereocenters. The number of benzene rings is 1. The molecule has 0 saturated heterocycles. The van der Waals surface area contributed by atoms with Crippen molar-refractivity contribution < 1.29 is 14.8 Å². The molecule has 0 amide bonds. The highest BCUT2D eigenvalue weighted by Crippen LogP contribution is 2.25. The van der Waals surface area contributed by atoms with Crippen molar-refractivity contribution in [3.05, 3.63) is 99.6 Å². The number of aromatic nitrogens is 2. The highest BCUT2D eigenvalue weighted by atomic mass is 16.6. The number of hydrogen-bond donors (Lipinski definition) is 1. The third-order valence-corrected chi connectivity index (χ3v) is 4.18. The van der Waals surface area contributed by atoms with E-state index in [4.69, 9.17) is 0 Å². The minimum Gasteiger partial charge on any atom is -0.478 e.